The Bertz CT molecular complexity index is 953. The summed E-state index contributed by atoms with van der Waals surface area (Å²) in [5.41, 5.74) is 2.82. The van der Waals surface area contributed by atoms with Crippen molar-refractivity contribution in [1.82, 2.24) is 20.0 Å². The summed E-state index contributed by atoms with van der Waals surface area (Å²) in [4.78, 5) is 27.1. The van der Waals surface area contributed by atoms with Crippen molar-refractivity contribution >= 4 is 34.2 Å². The summed E-state index contributed by atoms with van der Waals surface area (Å²) in [5.74, 6) is 0.220. The molecule has 0 aliphatic heterocycles. The van der Waals surface area contributed by atoms with Crippen LogP contribution in [-0.4, -0.2) is 31.8 Å². The number of nitrogens with zero attached hydrogens (tertiary/aromatic N) is 3. The van der Waals surface area contributed by atoms with Crippen molar-refractivity contribution in [3.05, 3.63) is 36.2 Å². The summed E-state index contributed by atoms with van der Waals surface area (Å²) in [6.45, 7) is 2.01. The number of nitrogens with one attached hydrogen (secondary N) is 3. The van der Waals surface area contributed by atoms with Gasteiger partial charge in [0.2, 0.25) is 11.8 Å². The fourth-order valence-electron chi connectivity index (χ4n) is 2.71. The summed E-state index contributed by atoms with van der Waals surface area (Å²) in [5, 5.41) is 14.3. The number of anilines is 2. The first-order chi connectivity index (χ1) is 12.1. The van der Waals surface area contributed by atoms with Crippen LogP contribution in [0.25, 0.3) is 10.9 Å². The Labute approximate surface area is 143 Å². The van der Waals surface area contributed by atoms with E-state index in [0.717, 1.165) is 35.1 Å². The molecule has 1 saturated carbocycles. The molecule has 4 rings (SSSR count). The predicted octanol–water partition coefficient (Wildman–Crippen LogP) is 2.06. The molecule has 2 heterocycles. The number of aromatic amines is 1. The zero-order valence-corrected chi connectivity index (χ0v) is 13.7. The molecular weight excluding hydrogens is 320 g/mol. The van der Waals surface area contributed by atoms with Gasteiger partial charge in [-0.2, -0.15) is 0 Å². The van der Waals surface area contributed by atoms with Crippen molar-refractivity contribution in [2.45, 2.75) is 26.3 Å². The molecule has 8 heteroatoms. The standard InChI is InChI=1S/C17H18N6O2/c1-10-6-12-7-13(4-5-14(12)18-10)19-16(24)9-23-8-15(21-22-23)20-17(25)11-2-3-11/h4-8,11,18H,2-3,9H2,1H3,(H,19,24)(H,20,25). The molecule has 1 aromatic carbocycles. The molecule has 128 valence electrons. The first kappa shape index (κ1) is 15.4. The molecule has 1 fully saturated rings. The molecule has 0 bridgehead atoms. The second-order valence-electron chi connectivity index (χ2n) is 6.37. The smallest absolute Gasteiger partial charge is 0.246 e. The minimum absolute atomic E-state index is 0.0243. The number of H-pyrrole nitrogens is 1. The molecule has 2 amide bonds. The largest absolute Gasteiger partial charge is 0.359 e. The molecule has 8 nitrogen and oxygen atoms in total. The van der Waals surface area contributed by atoms with Crippen LogP contribution in [0.15, 0.2) is 30.5 Å². The highest BCUT2D eigenvalue weighted by Gasteiger charge is 2.30. The van der Waals surface area contributed by atoms with E-state index in [1.165, 1.54) is 4.68 Å². The van der Waals surface area contributed by atoms with Gasteiger partial charge in [-0.3, -0.25) is 9.59 Å². The number of carbonyl (C=O) groups is 2. The lowest BCUT2D eigenvalue weighted by Crippen LogP contribution is -2.19. The molecule has 0 unspecified atom stereocenters. The van der Waals surface area contributed by atoms with Crippen molar-refractivity contribution in [3.63, 3.8) is 0 Å². The first-order valence-electron chi connectivity index (χ1n) is 8.17. The van der Waals surface area contributed by atoms with Gasteiger partial charge in [0.25, 0.3) is 0 Å². The maximum absolute atomic E-state index is 12.2. The monoisotopic (exact) mass is 338 g/mol. The number of benzene rings is 1. The fraction of sp³-hybridized carbons (Fsp3) is 0.294. The van der Waals surface area contributed by atoms with Gasteiger partial charge in [0.05, 0.1) is 6.20 Å². The average Bonchev–Trinajstić information content (AvgIpc) is 3.23. The first-order valence-corrected chi connectivity index (χ1v) is 8.17. The van der Waals surface area contributed by atoms with Gasteiger partial charge in [-0.05, 0) is 44.0 Å². The van der Waals surface area contributed by atoms with Crippen molar-refractivity contribution in [3.8, 4) is 0 Å². The highest BCUT2D eigenvalue weighted by atomic mass is 16.2. The summed E-state index contributed by atoms with van der Waals surface area (Å²) in [6.07, 6.45) is 3.40. The minimum Gasteiger partial charge on any atom is -0.359 e. The van der Waals surface area contributed by atoms with Crippen LogP contribution in [0.3, 0.4) is 0 Å². The second-order valence-corrected chi connectivity index (χ2v) is 6.37. The van der Waals surface area contributed by atoms with Crippen molar-refractivity contribution in [2.75, 3.05) is 10.6 Å². The molecule has 25 heavy (non-hydrogen) atoms. The molecule has 3 N–H and O–H groups in total. The van der Waals surface area contributed by atoms with E-state index in [2.05, 4.69) is 25.9 Å². The summed E-state index contributed by atoms with van der Waals surface area (Å²) in [7, 11) is 0. The van der Waals surface area contributed by atoms with Gasteiger partial charge in [0.15, 0.2) is 5.82 Å². The lowest BCUT2D eigenvalue weighted by atomic mass is 10.2. The van der Waals surface area contributed by atoms with E-state index in [1.807, 2.05) is 31.2 Å². The number of hydrogen-bond acceptors (Lipinski definition) is 4. The number of aryl methyl sites for hydroxylation is 1. The highest BCUT2D eigenvalue weighted by Crippen LogP contribution is 2.29. The van der Waals surface area contributed by atoms with Crippen LogP contribution in [0.5, 0.6) is 0 Å². The number of rotatable bonds is 5. The van der Waals surface area contributed by atoms with Gasteiger partial charge < -0.3 is 15.6 Å². The Morgan fingerprint density at radius 1 is 1.28 bits per heavy atom. The maximum atomic E-state index is 12.2. The number of carbonyl (C=O) groups excluding carboxylic acids is 2. The van der Waals surface area contributed by atoms with Gasteiger partial charge in [-0.15, -0.1) is 5.10 Å². The third kappa shape index (κ3) is 3.52. The minimum atomic E-state index is -0.212. The molecular formula is C17H18N6O2. The van der Waals surface area contributed by atoms with Crippen LogP contribution in [-0.2, 0) is 16.1 Å². The van der Waals surface area contributed by atoms with Gasteiger partial charge >= 0.3 is 0 Å². The van der Waals surface area contributed by atoms with Crippen LogP contribution < -0.4 is 10.6 Å². The van der Waals surface area contributed by atoms with E-state index < -0.39 is 0 Å². The van der Waals surface area contributed by atoms with Crippen molar-refractivity contribution < 1.29 is 9.59 Å². The molecule has 0 atom stereocenters. The van der Waals surface area contributed by atoms with Crippen LogP contribution in [0.2, 0.25) is 0 Å². The Balaban J connectivity index is 1.37. The zero-order chi connectivity index (χ0) is 17.4. The van der Waals surface area contributed by atoms with E-state index >= 15 is 0 Å². The van der Waals surface area contributed by atoms with Crippen LogP contribution in [0.4, 0.5) is 11.5 Å². The Morgan fingerprint density at radius 2 is 2.12 bits per heavy atom. The normalized spacial score (nSPS) is 13.8. The number of amides is 2. The number of fused-ring (bicyclic) bond motifs is 1. The lowest BCUT2D eigenvalue weighted by molar-refractivity contribution is -0.117. The van der Waals surface area contributed by atoms with E-state index in [1.54, 1.807) is 6.20 Å². The summed E-state index contributed by atoms with van der Waals surface area (Å²) < 4.78 is 1.40. The molecule has 1 aliphatic carbocycles. The molecule has 0 radical (unpaired) electrons. The molecule has 1 aliphatic rings. The quantitative estimate of drug-likeness (QED) is 0.662. The predicted molar refractivity (Wildman–Crippen MR) is 93.0 cm³/mol. The fourth-order valence-corrected chi connectivity index (χ4v) is 2.71. The molecule has 2 aromatic heterocycles. The van der Waals surface area contributed by atoms with Gasteiger partial charge in [-0.1, -0.05) is 5.21 Å². The number of hydrogen-bond donors (Lipinski definition) is 3. The highest BCUT2D eigenvalue weighted by molar-refractivity contribution is 5.94. The summed E-state index contributed by atoms with van der Waals surface area (Å²) in [6, 6.07) is 7.72. The van der Waals surface area contributed by atoms with Gasteiger partial charge in [0, 0.05) is 28.2 Å². The van der Waals surface area contributed by atoms with Gasteiger partial charge in [0.1, 0.15) is 6.54 Å². The second kappa shape index (κ2) is 6.04. The zero-order valence-electron chi connectivity index (χ0n) is 13.7. The van der Waals surface area contributed by atoms with Crippen LogP contribution in [0, 0.1) is 12.8 Å². The third-order valence-electron chi connectivity index (χ3n) is 4.08. The lowest BCUT2D eigenvalue weighted by Gasteiger charge is -2.05. The SMILES string of the molecule is Cc1cc2cc(NC(=O)Cn3cc(NC(=O)C4CC4)nn3)ccc2[nH]1. The average molecular weight is 338 g/mol. The van der Waals surface area contributed by atoms with Crippen molar-refractivity contribution in [2.24, 2.45) is 5.92 Å². The van der Waals surface area contributed by atoms with Gasteiger partial charge in [-0.25, -0.2) is 4.68 Å². The Kier molecular flexibility index (Phi) is 3.72. The van der Waals surface area contributed by atoms with Crippen LogP contribution in [0.1, 0.15) is 18.5 Å². The van der Waals surface area contributed by atoms with Crippen molar-refractivity contribution in [1.29, 1.82) is 0 Å². The summed E-state index contributed by atoms with van der Waals surface area (Å²) >= 11 is 0. The topological polar surface area (TPSA) is 105 Å². The van der Waals surface area contributed by atoms with E-state index in [4.69, 9.17) is 0 Å². The molecule has 3 aromatic rings. The Morgan fingerprint density at radius 3 is 2.92 bits per heavy atom. The molecule has 0 spiro atoms. The molecule has 0 saturated heterocycles. The van der Waals surface area contributed by atoms with E-state index in [-0.39, 0.29) is 24.3 Å². The van der Waals surface area contributed by atoms with E-state index in [0.29, 0.717) is 5.82 Å². The van der Waals surface area contributed by atoms with E-state index in [9.17, 15) is 9.59 Å². The Hall–Kier alpha value is -3.16. The number of aromatic nitrogens is 4. The van der Waals surface area contributed by atoms with Crippen LogP contribution >= 0.6 is 0 Å². The maximum Gasteiger partial charge on any atom is 0.246 e. The third-order valence-corrected chi connectivity index (χ3v) is 4.08.